The summed E-state index contributed by atoms with van der Waals surface area (Å²) in [6.45, 7) is 8.03. The van der Waals surface area contributed by atoms with Gasteiger partial charge in [0.1, 0.15) is 12.2 Å². The van der Waals surface area contributed by atoms with Crippen LogP contribution < -0.4 is 0 Å². The Labute approximate surface area is 113 Å². The molecule has 0 aromatic carbocycles. The number of hydrogen-bond donors (Lipinski definition) is 0. The lowest BCUT2D eigenvalue weighted by molar-refractivity contribution is 0.0815. The number of carbonyl (C=O) groups is 1. The first-order valence-corrected chi connectivity index (χ1v) is 10.1. The number of aldehydes is 1. The van der Waals surface area contributed by atoms with Gasteiger partial charge in [0, 0.05) is 26.4 Å². The van der Waals surface area contributed by atoms with Gasteiger partial charge in [-0.1, -0.05) is 19.6 Å². The van der Waals surface area contributed by atoms with Crippen molar-refractivity contribution < 1.29 is 9.53 Å². The molecule has 0 N–H and O–H groups in total. The highest BCUT2D eigenvalue weighted by Crippen LogP contribution is 2.15. The molecule has 5 nitrogen and oxygen atoms in total. The predicted octanol–water partition coefficient (Wildman–Crippen LogP) is 2.56. The third kappa shape index (κ3) is 3.48. The monoisotopic (exact) mass is 277 g/mol. The minimum Gasteiger partial charge on any atom is -0.360 e. The lowest BCUT2D eigenvalue weighted by atomic mass is 10.2. The second kappa shape index (κ2) is 5.62. The van der Waals surface area contributed by atoms with Crippen molar-refractivity contribution in [3.63, 3.8) is 0 Å². The molecule has 0 bridgehead atoms. The molecular formula is C13H19N3O2Si. The molecule has 0 atom stereocenters. The molecule has 2 heterocycles. The van der Waals surface area contributed by atoms with Crippen molar-refractivity contribution in [1.82, 2.24) is 14.8 Å². The lowest BCUT2D eigenvalue weighted by Crippen LogP contribution is -2.22. The Morgan fingerprint density at radius 1 is 1.42 bits per heavy atom. The average Bonchev–Trinajstić information content (AvgIpc) is 2.77. The van der Waals surface area contributed by atoms with Crippen LogP contribution in [-0.4, -0.2) is 35.7 Å². The smallest absolute Gasteiger partial charge is 0.152 e. The summed E-state index contributed by atoms with van der Waals surface area (Å²) in [5, 5.41) is 4.22. The number of fused-ring (bicyclic) bond motifs is 1. The number of nitrogens with zero attached hydrogens (tertiary/aromatic N) is 3. The maximum Gasteiger partial charge on any atom is 0.152 e. The zero-order valence-electron chi connectivity index (χ0n) is 11.6. The van der Waals surface area contributed by atoms with E-state index in [0.29, 0.717) is 12.3 Å². The topological polar surface area (TPSA) is 57.0 Å². The van der Waals surface area contributed by atoms with Gasteiger partial charge in [-0.2, -0.15) is 5.10 Å². The van der Waals surface area contributed by atoms with Crippen LogP contribution in [0.25, 0.3) is 11.0 Å². The van der Waals surface area contributed by atoms with Gasteiger partial charge in [0.15, 0.2) is 6.29 Å². The van der Waals surface area contributed by atoms with Crippen LogP contribution in [0.15, 0.2) is 18.5 Å². The van der Waals surface area contributed by atoms with Crippen LogP contribution in [0.3, 0.4) is 0 Å². The highest BCUT2D eigenvalue weighted by Gasteiger charge is 2.13. The van der Waals surface area contributed by atoms with Crippen molar-refractivity contribution in [3.8, 4) is 0 Å². The van der Waals surface area contributed by atoms with Crippen molar-refractivity contribution in [2.75, 3.05) is 6.61 Å². The Hall–Kier alpha value is -1.53. The van der Waals surface area contributed by atoms with Crippen LogP contribution in [0.5, 0.6) is 0 Å². The number of rotatable bonds is 6. The molecule has 2 aromatic heterocycles. The van der Waals surface area contributed by atoms with E-state index >= 15 is 0 Å². The van der Waals surface area contributed by atoms with Crippen LogP contribution in [0.4, 0.5) is 0 Å². The minimum atomic E-state index is -1.07. The zero-order valence-corrected chi connectivity index (χ0v) is 12.6. The fraction of sp³-hybridized carbons (Fsp3) is 0.462. The largest absolute Gasteiger partial charge is 0.360 e. The molecule has 0 amide bonds. The van der Waals surface area contributed by atoms with Crippen molar-refractivity contribution in [2.24, 2.45) is 0 Å². The van der Waals surface area contributed by atoms with Crippen LogP contribution in [0.1, 0.15) is 10.4 Å². The summed E-state index contributed by atoms with van der Waals surface area (Å²) in [5.74, 6) is 0. The second-order valence-corrected chi connectivity index (χ2v) is 11.4. The molecular weight excluding hydrogens is 258 g/mol. The maximum absolute atomic E-state index is 11.0. The molecule has 0 saturated heterocycles. The van der Waals surface area contributed by atoms with Gasteiger partial charge in [0.25, 0.3) is 0 Å². The number of aromatic nitrogens is 3. The van der Waals surface area contributed by atoms with Gasteiger partial charge < -0.3 is 4.74 Å². The molecule has 0 saturated carbocycles. The standard InChI is InChI=1S/C13H19N3O2Si/c1-19(2,3)7-6-18-10-16-13-11(9-17)4-5-14-12(13)8-15-16/h4-5,8-9H,6-7,10H2,1-3H3. The summed E-state index contributed by atoms with van der Waals surface area (Å²) in [6, 6.07) is 2.81. The molecule has 2 aromatic rings. The first kappa shape index (κ1) is 13.9. The van der Waals surface area contributed by atoms with Gasteiger partial charge in [-0.05, 0) is 12.1 Å². The highest BCUT2D eigenvalue weighted by atomic mass is 28.3. The molecule has 0 spiro atoms. The van der Waals surface area contributed by atoms with Crippen molar-refractivity contribution in [2.45, 2.75) is 32.4 Å². The third-order valence-electron chi connectivity index (χ3n) is 2.90. The van der Waals surface area contributed by atoms with Gasteiger partial charge in [0.2, 0.25) is 0 Å². The fourth-order valence-electron chi connectivity index (χ4n) is 1.77. The lowest BCUT2D eigenvalue weighted by Gasteiger charge is -2.15. The summed E-state index contributed by atoms with van der Waals surface area (Å²) in [6.07, 6.45) is 4.10. The highest BCUT2D eigenvalue weighted by molar-refractivity contribution is 6.76. The Morgan fingerprint density at radius 2 is 2.21 bits per heavy atom. The average molecular weight is 277 g/mol. The van der Waals surface area contributed by atoms with E-state index in [2.05, 4.69) is 29.7 Å². The van der Waals surface area contributed by atoms with E-state index in [4.69, 9.17) is 4.74 Å². The quantitative estimate of drug-likeness (QED) is 0.462. The molecule has 0 unspecified atom stereocenters. The zero-order chi connectivity index (χ0) is 13.9. The van der Waals surface area contributed by atoms with Crippen LogP contribution in [-0.2, 0) is 11.5 Å². The molecule has 0 radical (unpaired) electrons. The summed E-state index contributed by atoms with van der Waals surface area (Å²) in [5.41, 5.74) is 2.06. The third-order valence-corrected chi connectivity index (χ3v) is 4.60. The predicted molar refractivity (Wildman–Crippen MR) is 77.0 cm³/mol. The Bertz CT molecular complexity index is 575. The first-order chi connectivity index (χ1) is 9.01. The minimum absolute atomic E-state index is 0.362. The maximum atomic E-state index is 11.0. The number of ether oxygens (including phenoxy) is 1. The Balaban J connectivity index is 2.07. The van der Waals surface area contributed by atoms with Gasteiger partial charge in [-0.3, -0.25) is 9.78 Å². The summed E-state index contributed by atoms with van der Waals surface area (Å²) >= 11 is 0. The molecule has 19 heavy (non-hydrogen) atoms. The Morgan fingerprint density at radius 3 is 2.89 bits per heavy atom. The van der Waals surface area contributed by atoms with E-state index < -0.39 is 8.07 Å². The molecule has 2 rings (SSSR count). The van der Waals surface area contributed by atoms with Gasteiger partial charge in [-0.25, -0.2) is 4.68 Å². The van der Waals surface area contributed by atoms with Gasteiger partial charge in [0.05, 0.1) is 11.7 Å². The fourth-order valence-corrected chi connectivity index (χ4v) is 2.52. The van der Waals surface area contributed by atoms with Gasteiger partial charge in [-0.15, -0.1) is 0 Å². The van der Waals surface area contributed by atoms with E-state index in [1.165, 1.54) is 0 Å². The normalized spacial score (nSPS) is 11.9. The number of carbonyl (C=O) groups excluding carboxylic acids is 1. The van der Waals surface area contributed by atoms with Crippen LogP contribution in [0.2, 0.25) is 25.7 Å². The van der Waals surface area contributed by atoms with E-state index in [1.54, 1.807) is 23.1 Å². The second-order valence-electron chi connectivity index (χ2n) is 5.74. The molecule has 0 aliphatic heterocycles. The van der Waals surface area contributed by atoms with Crippen LogP contribution >= 0.6 is 0 Å². The van der Waals surface area contributed by atoms with Crippen LogP contribution in [0, 0.1) is 0 Å². The SMILES string of the molecule is C[Si](C)(C)CCOCn1ncc2nccc(C=O)c21. The molecule has 102 valence electrons. The van der Waals surface area contributed by atoms with E-state index in [0.717, 1.165) is 30.0 Å². The first-order valence-electron chi connectivity index (χ1n) is 6.35. The summed E-state index contributed by atoms with van der Waals surface area (Å²) in [7, 11) is -1.07. The van der Waals surface area contributed by atoms with E-state index in [1.807, 2.05) is 0 Å². The van der Waals surface area contributed by atoms with E-state index in [9.17, 15) is 4.79 Å². The molecule has 0 fully saturated rings. The number of hydrogen-bond acceptors (Lipinski definition) is 4. The van der Waals surface area contributed by atoms with Crippen molar-refractivity contribution in [3.05, 3.63) is 24.0 Å². The molecule has 0 aliphatic rings. The Kier molecular flexibility index (Phi) is 4.11. The summed E-state index contributed by atoms with van der Waals surface area (Å²) in [4.78, 5) is 15.2. The van der Waals surface area contributed by atoms with Gasteiger partial charge >= 0.3 is 0 Å². The van der Waals surface area contributed by atoms with Crippen molar-refractivity contribution >= 4 is 25.4 Å². The summed E-state index contributed by atoms with van der Waals surface area (Å²) < 4.78 is 7.34. The number of pyridine rings is 1. The molecule has 0 aliphatic carbocycles. The molecule has 6 heteroatoms. The van der Waals surface area contributed by atoms with Crippen molar-refractivity contribution in [1.29, 1.82) is 0 Å². The van der Waals surface area contributed by atoms with E-state index in [-0.39, 0.29) is 0 Å².